The molecule has 2 rings (SSSR count). The number of benzene rings is 1. The fourth-order valence-electron chi connectivity index (χ4n) is 1.57. The van der Waals surface area contributed by atoms with Crippen LogP contribution in [0.15, 0.2) is 18.2 Å². The zero-order chi connectivity index (χ0) is 14.3. The smallest absolute Gasteiger partial charge is 0.398 e. The molecule has 0 aromatic heterocycles. The molecule has 0 saturated heterocycles. The number of hydrogen-bond donors (Lipinski definition) is 2. The average Bonchev–Trinajstić information content (AvgIpc) is 3.11. The number of halogens is 4. The molecule has 0 bridgehead atoms. The molecule has 6 heteroatoms. The summed E-state index contributed by atoms with van der Waals surface area (Å²) in [6.07, 6.45) is -3.44. The highest BCUT2D eigenvalue weighted by Crippen LogP contribution is 2.42. The minimum absolute atomic E-state index is 0.0556. The van der Waals surface area contributed by atoms with E-state index in [2.05, 4.69) is 5.92 Å². The maximum Gasteiger partial charge on any atom is 0.433 e. The van der Waals surface area contributed by atoms with Gasteiger partial charge in [0.1, 0.15) is 0 Å². The number of rotatable bonds is 1. The van der Waals surface area contributed by atoms with Gasteiger partial charge in [-0.15, -0.1) is 0 Å². The van der Waals surface area contributed by atoms with E-state index in [1.54, 1.807) is 0 Å². The average molecular weight is 290 g/mol. The summed E-state index contributed by atoms with van der Waals surface area (Å²) in [4.78, 5) is 0. The number of hydrogen-bond acceptors (Lipinski definition) is 2. The fourth-order valence-corrected chi connectivity index (χ4v) is 1.74. The zero-order valence-corrected chi connectivity index (χ0v) is 10.5. The molecule has 1 atom stereocenters. The summed E-state index contributed by atoms with van der Waals surface area (Å²) in [6, 6.07) is 3.56. The first-order valence-corrected chi connectivity index (χ1v) is 5.99. The summed E-state index contributed by atoms with van der Waals surface area (Å²) in [5, 5.41) is 10.0. The molecule has 19 heavy (non-hydrogen) atoms. The Morgan fingerprint density at radius 2 is 1.95 bits per heavy atom. The van der Waals surface area contributed by atoms with Gasteiger partial charge in [-0.05, 0) is 31.0 Å². The van der Waals surface area contributed by atoms with E-state index in [0.717, 1.165) is 18.9 Å². The SMILES string of the molecule is Nc1ccc(Cl)cc1[C@](O)(C#CC1CC1)C(F)(F)F. The summed E-state index contributed by atoms with van der Waals surface area (Å²) >= 11 is 5.67. The highest BCUT2D eigenvalue weighted by molar-refractivity contribution is 6.30. The van der Waals surface area contributed by atoms with Crippen LogP contribution in [0.5, 0.6) is 0 Å². The summed E-state index contributed by atoms with van der Waals surface area (Å²) in [7, 11) is 0. The van der Waals surface area contributed by atoms with E-state index in [0.29, 0.717) is 0 Å². The first kappa shape index (κ1) is 14.0. The van der Waals surface area contributed by atoms with Crippen molar-refractivity contribution in [3.63, 3.8) is 0 Å². The largest absolute Gasteiger partial charge is 0.433 e. The molecule has 1 fully saturated rings. The van der Waals surface area contributed by atoms with Crippen LogP contribution in [-0.4, -0.2) is 11.3 Å². The Hall–Kier alpha value is -1.38. The van der Waals surface area contributed by atoms with Gasteiger partial charge in [-0.3, -0.25) is 0 Å². The molecule has 0 radical (unpaired) electrons. The number of anilines is 1. The number of nitrogen functional groups attached to an aromatic ring is 1. The molecule has 102 valence electrons. The van der Waals surface area contributed by atoms with E-state index in [1.807, 2.05) is 5.92 Å². The van der Waals surface area contributed by atoms with Crippen molar-refractivity contribution < 1.29 is 18.3 Å². The lowest BCUT2D eigenvalue weighted by Gasteiger charge is -2.27. The number of alkyl halides is 3. The molecule has 0 spiro atoms. The molecule has 1 aromatic rings. The van der Waals surface area contributed by atoms with Crippen molar-refractivity contribution in [1.82, 2.24) is 0 Å². The Labute approximate surface area is 113 Å². The summed E-state index contributed by atoms with van der Waals surface area (Å²) in [5.74, 6) is 4.28. The summed E-state index contributed by atoms with van der Waals surface area (Å²) in [5.41, 5.74) is 1.49. The predicted molar refractivity (Wildman–Crippen MR) is 66.3 cm³/mol. The minimum atomic E-state index is -4.95. The van der Waals surface area contributed by atoms with E-state index < -0.39 is 17.3 Å². The second kappa shape index (κ2) is 4.62. The third-order valence-electron chi connectivity index (χ3n) is 2.85. The Bertz CT molecular complexity index is 557. The molecule has 1 aliphatic carbocycles. The Balaban J connectivity index is 2.54. The van der Waals surface area contributed by atoms with Crippen LogP contribution in [0.1, 0.15) is 18.4 Å². The van der Waals surface area contributed by atoms with E-state index >= 15 is 0 Å². The van der Waals surface area contributed by atoms with Crippen LogP contribution in [0.2, 0.25) is 5.02 Å². The maximum atomic E-state index is 13.1. The second-order valence-electron chi connectivity index (χ2n) is 4.48. The van der Waals surface area contributed by atoms with Crippen molar-refractivity contribution in [1.29, 1.82) is 0 Å². The van der Waals surface area contributed by atoms with Gasteiger partial charge in [0.25, 0.3) is 0 Å². The van der Waals surface area contributed by atoms with Crippen molar-refractivity contribution in [3.05, 3.63) is 28.8 Å². The molecule has 1 aliphatic rings. The van der Waals surface area contributed by atoms with Crippen LogP contribution in [0.4, 0.5) is 18.9 Å². The lowest BCUT2D eigenvalue weighted by molar-refractivity contribution is -0.240. The highest BCUT2D eigenvalue weighted by Gasteiger charge is 2.55. The van der Waals surface area contributed by atoms with Gasteiger partial charge in [-0.2, -0.15) is 13.2 Å². The van der Waals surface area contributed by atoms with Gasteiger partial charge in [0, 0.05) is 22.2 Å². The quantitative estimate of drug-likeness (QED) is 0.616. The number of nitrogens with two attached hydrogens (primary N) is 1. The van der Waals surface area contributed by atoms with Gasteiger partial charge in [-0.1, -0.05) is 23.4 Å². The normalized spacial score (nSPS) is 18.4. The van der Waals surface area contributed by atoms with Crippen molar-refractivity contribution in [2.24, 2.45) is 5.92 Å². The summed E-state index contributed by atoms with van der Waals surface area (Å²) in [6.45, 7) is 0. The molecule has 0 heterocycles. The molecule has 0 amide bonds. The topological polar surface area (TPSA) is 46.2 Å². The molecule has 0 aliphatic heterocycles. The van der Waals surface area contributed by atoms with Gasteiger partial charge in [0.15, 0.2) is 0 Å². The van der Waals surface area contributed by atoms with Crippen LogP contribution < -0.4 is 5.73 Å². The molecule has 2 nitrogen and oxygen atoms in total. The van der Waals surface area contributed by atoms with Gasteiger partial charge >= 0.3 is 6.18 Å². The number of aliphatic hydroxyl groups is 1. The third kappa shape index (κ3) is 2.80. The van der Waals surface area contributed by atoms with Crippen LogP contribution in [0.3, 0.4) is 0 Å². The van der Waals surface area contributed by atoms with Crippen molar-refractivity contribution in [2.45, 2.75) is 24.6 Å². The lowest BCUT2D eigenvalue weighted by Crippen LogP contribution is -2.41. The molecule has 0 unspecified atom stereocenters. The Kier molecular flexibility index (Phi) is 3.41. The van der Waals surface area contributed by atoms with Gasteiger partial charge < -0.3 is 10.8 Å². The molecule has 3 N–H and O–H groups in total. The maximum absolute atomic E-state index is 13.1. The zero-order valence-electron chi connectivity index (χ0n) is 9.76. The summed E-state index contributed by atoms with van der Waals surface area (Å²) < 4.78 is 39.4. The van der Waals surface area contributed by atoms with E-state index in [1.165, 1.54) is 12.1 Å². The predicted octanol–water partition coefficient (Wildman–Crippen LogP) is 3.09. The van der Waals surface area contributed by atoms with Crippen molar-refractivity contribution in [2.75, 3.05) is 5.73 Å². The van der Waals surface area contributed by atoms with Gasteiger partial charge in [0.2, 0.25) is 5.60 Å². The first-order valence-electron chi connectivity index (χ1n) is 5.61. The fraction of sp³-hybridized carbons (Fsp3) is 0.385. The van der Waals surface area contributed by atoms with Crippen molar-refractivity contribution in [3.8, 4) is 11.8 Å². The lowest BCUT2D eigenvalue weighted by atomic mass is 9.92. The Morgan fingerprint density at radius 1 is 1.32 bits per heavy atom. The van der Waals surface area contributed by atoms with E-state index in [4.69, 9.17) is 17.3 Å². The van der Waals surface area contributed by atoms with Gasteiger partial charge in [0.05, 0.1) is 0 Å². The van der Waals surface area contributed by atoms with Crippen LogP contribution in [-0.2, 0) is 5.60 Å². The minimum Gasteiger partial charge on any atom is -0.398 e. The molecule has 1 aromatic carbocycles. The third-order valence-corrected chi connectivity index (χ3v) is 3.09. The standard InChI is InChI=1S/C13H11ClF3NO/c14-9-3-4-11(18)10(7-9)12(19,13(15,16)17)6-5-8-1-2-8/h3-4,7-8,19H,1-2,18H2/t12-/m1/s1. The van der Waals surface area contributed by atoms with Crippen LogP contribution >= 0.6 is 11.6 Å². The van der Waals surface area contributed by atoms with E-state index in [9.17, 15) is 18.3 Å². The highest BCUT2D eigenvalue weighted by atomic mass is 35.5. The van der Waals surface area contributed by atoms with Gasteiger partial charge in [-0.25, -0.2) is 0 Å². The van der Waals surface area contributed by atoms with Crippen molar-refractivity contribution >= 4 is 17.3 Å². The van der Waals surface area contributed by atoms with E-state index in [-0.39, 0.29) is 16.6 Å². The molecule has 1 saturated carbocycles. The molecular formula is C13H11ClF3NO. The van der Waals surface area contributed by atoms with Crippen LogP contribution in [0.25, 0.3) is 0 Å². The molecular weight excluding hydrogens is 279 g/mol. The monoisotopic (exact) mass is 289 g/mol. The van der Waals surface area contributed by atoms with Crippen LogP contribution in [0, 0.1) is 17.8 Å². The first-order chi connectivity index (χ1) is 8.74. The second-order valence-corrected chi connectivity index (χ2v) is 4.92. The Morgan fingerprint density at radius 3 is 2.47 bits per heavy atom.